The fourth-order valence-electron chi connectivity index (χ4n) is 3.75. The standard InChI is InChI=1S/C24H26N4O2S/c1-15(2)11-12-27-22(30)19-7-5-6-8-20(19)28-23(27)25-26-24(28)31-14-21(29)18-10-9-16(3)13-17(18)4/h5-10,13,15H,11-12,14H2,1-4H3. The molecule has 7 heteroatoms. The monoisotopic (exact) mass is 434 g/mol. The first-order valence-electron chi connectivity index (χ1n) is 10.5. The Kier molecular flexibility index (Phi) is 5.96. The van der Waals surface area contributed by atoms with Crippen LogP contribution < -0.4 is 5.56 Å². The molecular formula is C24H26N4O2S. The zero-order valence-electron chi connectivity index (χ0n) is 18.3. The molecule has 6 nitrogen and oxygen atoms in total. The number of hydrogen-bond acceptors (Lipinski definition) is 5. The van der Waals surface area contributed by atoms with Gasteiger partial charge in [-0.3, -0.25) is 18.6 Å². The normalized spacial score (nSPS) is 11.6. The molecule has 0 saturated heterocycles. The molecule has 0 aliphatic heterocycles. The number of nitrogens with zero attached hydrogens (tertiary/aromatic N) is 4. The smallest absolute Gasteiger partial charge is 0.262 e. The summed E-state index contributed by atoms with van der Waals surface area (Å²) in [6.45, 7) is 8.82. The highest BCUT2D eigenvalue weighted by molar-refractivity contribution is 7.99. The van der Waals surface area contributed by atoms with E-state index in [1.165, 1.54) is 11.8 Å². The van der Waals surface area contributed by atoms with Crippen LogP contribution in [0.5, 0.6) is 0 Å². The average Bonchev–Trinajstić information content (AvgIpc) is 3.15. The molecule has 4 rings (SSSR count). The Morgan fingerprint density at radius 1 is 1.10 bits per heavy atom. The molecule has 0 N–H and O–H groups in total. The summed E-state index contributed by atoms with van der Waals surface area (Å²) in [4.78, 5) is 25.9. The average molecular weight is 435 g/mol. The summed E-state index contributed by atoms with van der Waals surface area (Å²) in [6.07, 6.45) is 0.869. The molecule has 0 aliphatic carbocycles. The number of para-hydroxylation sites is 1. The molecule has 0 saturated carbocycles. The van der Waals surface area contributed by atoms with E-state index in [2.05, 4.69) is 24.0 Å². The summed E-state index contributed by atoms with van der Waals surface area (Å²) in [5.74, 6) is 1.29. The van der Waals surface area contributed by atoms with Gasteiger partial charge in [0.15, 0.2) is 10.9 Å². The first-order valence-corrected chi connectivity index (χ1v) is 11.5. The van der Waals surface area contributed by atoms with Gasteiger partial charge in [-0.25, -0.2) is 0 Å². The van der Waals surface area contributed by atoms with Crippen molar-refractivity contribution in [3.63, 3.8) is 0 Å². The maximum absolute atomic E-state index is 13.1. The number of carbonyl (C=O) groups is 1. The van der Waals surface area contributed by atoms with Crippen LogP contribution in [0.15, 0.2) is 52.4 Å². The summed E-state index contributed by atoms with van der Waals surface area (Å²) in [6, 6.07) is 13.4. The van der Waals surface area contributed by atoms with Crippen LogP contribution in [0.1, 0.15) is 41.8 Å². The molecule has 2 heterocycles. The maximum Gasteiger partial charge on any atom is 0.262 e. The molecule has 2 aromatic heterocycles. The molecule has 0 amide bonds. The number of Topliss-reactive ketones (excluding diaryl/α,β-unsaturated/α-hetero) is 1. The van der Waals surface area contributed by atoms with Crippen molar-refractivity contribution >= 4 is 34.2 Å². The fraction of sp³-hybridized carbons (Fsp3) is 0.333. The third-order valence-electron chi connectivity index (χ3n) is 5.42. The minimum absolute atomic E-state index is 0.0525. The zero-order chi connectivity index (χ0) is 22.1. The van der Waals surface area contributed by atoms with Gasteiger partial charge in [-0.2, -0.15) is 0 Å². The summed E-state index contributed by atoms with van der Waals surface area (Å²) < 4.78 is 3.60. The summed E-state index contributed by atoms with van der Waals surface area (Å²) in [5, 5.41) is 9.91. The second-order valence-corrected chi connectivity index (χ2v) is 9.25. The first kappa shape index (κ1) is 21.3. The molecule has 2 aromatic carbocycles. The lowest BCUT2D eigenvalue weighted by Gasteiger charge is -2.12. The lowest BCUT2D eigenvalue weighted by atomic mass is 10.0. The van der Waals surface area contributed by atoms with Gasteiger partial charge in [-0.05, 0) is 43.9 Å². The number of fused-ring (bicyclic) bond motifs is 3. The van der Waals surface area contributed by atoms with E-state index in [-0.39, 0.29) is 17.1 Å². The van der Waals surface area contributed by atoms with Gasteiger partial charge in [0.05, 0.1) is 16.7 Å². The van der Waals surface area contributed by atoms with Crippen LogP contribution in [0.4, 0.5) is 0 Å². The summed E-state index contributed by atoms with van der Waals surface area (Å²) in [5.41, 5.74) is 3.54. The molecular weight excluding hydrogens is 408 g/mol. The van der Waals surface area contributed by atoms with E-state index in [0.717, 1.165) is 28.6 Å². The van der Waals surface area contributed by atoms with Crippen LogP contribution >= 0.6 is 11.8 Å². The van der Waals surface area contributed by atoms with Gasteiger partial charge < -0.3 is 0 Å². The Morgan fingerprint density at radius 3 is 2.61 bits per heavy atom. The number of hydrogen-bond donors (Lipinski definition) is 0. The number of rotatable bonds is 7. The molecule has 160 valence electrons. The molecule has 0 bridgehead atoms. The summed E-state index contributed by atoms with van der Waals surface area (Å²) in [7, 11) is 0. The highest BCUT2D eigenvalue weighted by Crippen LogP contribution is 2.23. The van der Waals surface area contributed by atoms with Gasteiger partial charge in [0, 0.05) is 12.1 Å². The van der Waals surface area contributed by atoms with Crippen molar-refractivity contribution in [1.29, 1.82) is 0 Å². The third-order valence-corrected chi connectivity index (χ3v) is 6.35. The molecule has 0 unspecified atom stereocenters. The van der Waals surface area contributed by atoms with Crippen LogP contribution in [0.25, 0.3) is 16.7 Å². The minimum atomic E-state index is -0.0564. The van der Waals surface area contributed by atoms with Crippen molar-refractivity contribution in [3.05, 3.63) is 69.5 Å². The van der Waals surface area contributed by atoms with Gasteiger partial charge in [-0.1, -0.05) is 61.5 Å². The number of benzene rings is 2. The molecule has 0 spiro atoms. The molecule has 0 radical (unpaired) electrons. The topological polar surface area (TPSA) is 69.3 Å². The third kappa shape index (κ3) is 4.14. The van der Waals surface area contributed by atoms with Crippen molar-refractivity contribution in [2.45, 2.75) is 45.8 Å². The lowest BCUT2D eigenvalue weighted by Crippen LogP contribution is -2.24. The molecule has 0 aliphatic rings. The first-order chi connectivity index (χ1) is 14.9. The van der Waals surface area contributed by atoms with E-state index in [1.54, 1.807) is 4.57 Å². The van der Waals surface area contributed by atoms with Crippen molar-refractivity contribution in [2.75, 3.05) is 5.75 Å². The van der Waals surface area contributed by atoms with E-state index in [1.807, 2.05) is 60.7 Å². The Morgan fingerprint density at radius 2 is 1.87 bits per heavy atom. The van der Waals surface area contributed by atoms with E-state index in [0.29, 0.717) is 28.8 Å². The Labute approximate surface area is 185 Å². The number of thioether (sulfide) groups is 1. The largest absolute Gasteiger partial charge is 0.293 e. The van der Waals surface area contributed by atoms with Crippen LogP contribution in [0, 0.1) is 19.8 Å². The van der Waals surface area contributed by atoms with Crippen molar-refractivity contribution in [1.82, 2.24) is 19.2 Å². The van der Waals surface area contributed by atoms with Gasteiger partial charge in [0.2, 0.25) is 5.78 Å². The van der Waals surface area contributed by atoms with Crippen LogP contribution in [-0.4, -0.2) is 30.7 Å². The molecule has 0 fully saturated rings. The number of ketones is 1. The van der Waals surface area contributed by atoms with Crippen LogP contribution in [0.2, 0.25) is 0 Å². The van der Waals surface area contributed by atoms with Crippen molar-refractivity contribution < 1.29 is 4.79 Å². The SMILES string of the molecule is Cc1ccc(C(=O)CSc2nnc3n(CCC(C)C)c(=O)c4ccccc4n23)c(C)c1. The Hall–Kier alpha value is -2.93. The Bertz CT molecular complexity index is 1340. The van der Waals surface area contributed by atoms with Gasteiger partial charge in [-0.15, -0.1) is 10.2 Å². The van der Waals surface area contributed by atoms with Crippen molar-refractivity contribution in [3.8, 4) is 0 Å². The number of aryl methyl sites for hydroxylation is 3. The van der Waals surface area contributed by atoms with E-state index >= 15 is 0 Å². The van der Waals surface area contributed by atoms with Crippen LogP contribution in [0.3, 0.4) is 0 Å². The number of carbonyl (C=O) groups excluding carboxylic acids is 1. The zero-order valence-corrected chi connectivity index (χ0v) is 19.1. The van der Waals surface area contributed by atoms with Gasteiger partial charge >= 0.3 is 0 Å². The second kappa shape index (κ2) is 8.67. The lowest BCUT2D eigenvalue weighted by molar-refractivity contribution is 0.102. The molecule has 31 heavy (non-hydrogen) atoms. The number of aromatic nitrogens is 4. The van der Waals surface area contributed by atoms with Gasteiger partial charge in [0.25, 0.3) is 5.56 Å². The summed E-state index contributed by atoms with van der Waals surface area (Å²) >= 11 is 1.35. The van der Waals surface area contributed by atoms with E-state index < -0.39 is 0 Å². The quantitative estimate of drug-likeness (QED) is 0.312. The van der Waals surface area contributed by atoms with E-state index in [4.69, 9.17) is 0 Å². The van der Waals surface area contributed by atoms with E-state index in [9.17, 15) is 9.59 Å². The molecule has 0 atom stereocenters. The van der Waals surface area contributed by atoms with Gasteiger partial charge in [0.1, 0.15) is 0 Å². The molecule has 4 aromatic rings. The van der Waals surface area contributed by atoms with Crippen molar-refractivity contribution in [2.24, 2.45) is 5.92 Å². The minimum Gasteiger partial charge on any atom is -0.293 e. The van der Waals surface area contributed by atoms with Crippen LogP contribution in [-0.2, 0) is 6.54 Å². The predicted octanol–water partition coefficient (Wildman–Crippen LogP) is 4.68. The highest BCUT2D eigenvalue weighted by atomic mass is 32.2. The fourth-order valence-corrected chi connectivity index (χ4v) is 4.57. The maximum atomic E-state index is 13.1. The second-order valence-electron chi connectivity index (χ2n) is 8.30. The highest BCUT2D eigenvalue weighted by Gasteiger charge is 2.18. The predicted molar refractivity (Wildman–Crippen MR) is 125 cm³/mol. The Balaban J connectivity index is 1.73.